The van der Waals surface area contributed by atoms with Crippen LogP contribution in [0.15, 0.2) is 54.6 Å². The van der Waals surface area contributed by atoms with E-state index < -0.39 is 17.6 Å². The van der Waals surface area contributed by atoms with E-state index in [1.54, 1.807) is 24.3 Å². The monoisotopic (exact) mass is 331 g/mol. The predicted octanol–water partition coefficient (Wildman–Crippen LogP) is 3.86. The van der Waals surface area contributed by atoms with Crippen molar-refractivity contribution < 1.29 is 18.0 Å². The summed E-state index contributed by atoms with van der Waals surface area (Å²) >= 11 is 0. The lowest BCUT2D eigenvalue weighted by Gasteiger charge is -2.14. The summed E-state index contributed by atoms with van der Waals surface area (Å²) in [4.78, 5) is 11.6. The van der Waals surface area contributed by atoms with Gasteiger partial charge in [-0.05, 0) is 18.2 Å². The second kappa shape index (κ2) is 5.84. The Bertz CT molecular complexity index is 886. The fourth-order valence-corrected chi connectivity index (χ4v) is 2.49. The molecular formula is C17H12F3N3O. The maximum Gasteiger partial charge on any atom is 0.417 e. The number of nitrogens with zero attached hydrogens (tertiary/aromatic N) is 1. The molecule has 1 amide bonds. The molecule has 3 N–H and O–H groups in total. The van der Waals surface area contributed by atoms with Crippen LogP contribution in [0, 0.1) is 0 Å². The fourth-order valence-electron chi connectivity index (χ4n) is 2.49. The average molecular weight is 331 g/mol. The summed E-state index contributed by atoms with van der Waals surface area (Å²) < 4.78 is 40.0. The highest BCUT2D eigenvalue weighted by atomic mass is 19.4. The quantitative estimate of drug-likeness (QED) is 0.765. The molecule has 1 aromatic heterocycles. The lowest BCUT2D eigenvalue weighted by Crippen LogP contribution is -2.16. The van der Waals surface area contributed by atoms with Crippen LogP contribution in [0.2, 0.25) is 0 Å². The first-order valence-corrected chi connectivity index (χ1v) is 6.99. The lowest BCUT2D eigenvalue weighted by atomic mass is 9.96. The number of aromatic amines is 1. The summed E-state index contributed by atoms with van der Waals surface area (Å²) in [6.07, 6.45) is -4.63. The topological polar surface area (TPSA) is 71.8 Å². The molecule has 0 aliphatic rings. The van der Waals surface area contributed by atoms with Crippen molar-refractivity contribution in [2.24, 2.45) is 5.73 Å². The first-order chi connectivity index (χ1) is 11.4. The highest BCUT2D eigenvalue weighted by Crippen LogP contribution is 2.39. The van der Waals surface area contributed by atoms with Crippen molar-refractivity contribution in [1.82, 2.24) is 10.2 Å². The van der Waals surface area contributed by atoms with Crippen molar-refractivity contribution in [2.75, 3.05) is 0 Å². The van der Waals surface area contributed by atoms with Crippen LogP contribution < -0.4 is 5.73 Å². The summed E-state index contributed by atoms with van der Waals surface area (Å²) in [5.41, 5.74) is 5.08. The first kappa shape index (κ1) is 15.8. The van der Waals surface area contributed by atoms with Gasteiger partial charge in [0.15, 0.2) is 0 Å². The average Bonchev–Trinajstić information content (AvgIpc) is 3.04. The van der Waals surface area contributed by atoms with Crippen molar-refractivity contribution in [1.29, 1.82) is 0 Å². The minimum Gasteiger partial charge on any atom is -0.366 e. The van der Waals surface area contributed by atoms with Gasteiger partial charge in [-0.2, -0.15) is 18.3 Å². The Morgan fingerprint density at radius 3 is 2.38 bits per heavy atom. The fraction of sp³-hybridized carbons (Fsp3) is 0.0588. The number of nitrogens with two attached hydrogens (primary N) is 1. The minimum absolute atomic E-state index is 0.0792. The zero-order valence-corrected chi connectivity index (χ0v) is 12.3. The minimum atomic E-state index is -4.63. The summed E-state index contributed by atoms with van der Waals surface area (Å²) in [6.45, 7) is 0. The third-order valence-corrected chi connectivity index (χ3v) is 3.55. The number of hydrogen-bond acceptors (Lipinski definition) is 2. The standard InChI is InChI=1S/C17H12F3N3O/c18-17(19,20)12-8-4-7-11(16(21)24)15(12)14-9-13(22-23-14)10-5-2-1-3-6-10/h1-9H,(H2,21,24)(H,22,23). The molecule has 0 spiro atoms. The molecule has 24 heavy (non-hydrogen) atoms. The number of amides is 1. The van der Waals surface area contributed by atoms with Gasteiger partial charge in [0.05, 0.1) is 17.0 Å². The van der Waals surface area contributed by atoms with Gasteiger partial charge in [-0.15, -0.1) is 0 Å². The van der Waals surface area contributed by atoms with E-state index in [1.807, 2.05) is 6.07 Å². The van der Waals surface area contributed by atoms with Gasteiger partial charge in [-0.25, -0.2) is 0 Å². The molecule has 2 aromatic carbocycles. The summed E-state index contributed by atoms with van der Waals surface area (Å²) in [7, 11) is 0. The zero-order valence-electron chi connectivity index (χ0n) is 12.3. The molecule has 0 bridgehead atoms. The molecule has 0 aliphatic carbocycles. The predicted molar refractivity (Wildman–Crippen MR) is 83.0 cm³/mol. The Kier molecular flexibility index (Phi) is 3.84. The Hall–Kier alpha value is -3.09. The van der Waals surface area contributed by atoms with Gasteiger partial charge in [0.2, 0.25) is 5.91 Å². The highest BCUT2D eigenvalue weighted by molar-refractivity contribution is 6.00. The van der Waals surface area contributed by atoms with E-state index in [1.165, 1.54) is 12.1 Å². The van der Waals surface area contributed by atoms with E-state index in [0.29, 0.717) is 5.69 Å². The number of rotatable bonds is 3. The maximum atomic E-state index is 13.3. The Morgan fingerprint density at radius 2 is 1.75 bits per heavy atom. The molecular weight excluding hydrogens is 319 g/mol. The molecule has 0 unspecified atom stereocenters. The second-order valence-electron chi connectivity index (χ2n) is 5.12. The molecule has 0 aliphatic heterocycles. The number of nitrogens with one attached hydrogen (secondary N) is 1. The summed E-state index contributed by atoms with van der Waals surface area (Å²) in [6, 6.07) is 13.8. The second-order valence-corrected chi connectivity index (χ2v) is 5.12. The third kappa shape index (κ3) is 2.88. The van der Waals surface area contributed by atoms with Crippen molar-refractivity contribution in [3.8, 4) is 22.5 Å². The SMILES string of the molecule is NC(=O)c1cccc(C(F)(F)F)c1-c1cc(-c2ccccc2)n[nH]1. The molecule has 0 atom stereocenters. The van der Waals surface area contributed by atoms with E-state index in [2.05, 4.69) is 10.2 Å². The van der Waals surface area contributed by atoms with Gasteiger partial charge < -0.3 is 5.73 Å². The molecule has 0 saturated carbocycles. The van der Waals surface area contributed by atoms with E-state index in [4.69, 9.17) is 5.73 Å². The van der Waals surface area contributed by atoms with Crippen molar-refractivity contribution >= 4 is 5.91 Å². The number of carbonyl (C=O) groups is 1. The lowest BCUT2D eigenvalue weighted by molar-refractivity contribution is -0.137. The number of benzene rings is 2. The molecule has 4 nitrogen and oxygen atoms in total. The number of primary amides is 1. The molecule has 122 valence electrons. The normalized spacial score (nSPS) is 11.5. The number of halogens is 3. The van der Waals surface area contributed by atoms with Gasteiger partial charge in [-0.3, -0.25) is 9.89 Å². The first-order valence-electron chi connectivity index (χ1n) is 6.99. The van der Waals surface area contributed by atoms with Crippen LogP contribution in [0.4, 0.5) is 13.2 Å². The van der Waals surface area contributed by atoms with Crippen molar-refractivity contribution in [3.63, 3.8) is 0 Å². The van der Waals surface area contributed by atoms with Crippen LogP contribution in [0.3, 0.4) is 0 Å². The number of alkyl halides is 3. The van der Waals surface area contributed by atoms with Crippen LogP contribution in [0.25, 0.3) is 22.5 Å². The van der Waals surface area contributed by atoms with Crippen LogP contribution in [0.5, 0.6) is 0 Å². The number of carbonyl (C=O) groups excluding carboxylic acids is 1. The third-order valence-electron chi connectivity index (χ3n) is 3.55. The largest absolute Gasteiger partial charge is 0.417 e. The number of H-pyrrole nitrogens is 1. The van der Waals surface area contributed by atoms with Gasteiger partial charge in [0.25, 0.3) is 0 Å². The molecule has 0 saturated heterocycles. The zero-order chi connectivity index (χ0) is 17.3. The van der Waals surface area contributed by atoms with Crippen LogP contribution in [-0.4, -0.2) is 16.1 Å². The van der Waals surface area contributed by atoms with Crippen LogP contribution in [-0.2, 0) is 6.18 Å². The van der Waals surface area contributed by atoms with E-state index in [9.17, 15) is 18.0 Å². The van der Waals surface area contributed by atoms with Gasteiger partial charge >= 0.3 is 6.18 Å². The van der Waals surface area contributed by atoms with Crippen LogP contribution >= 0.6 is 0 Å². The Morgan fingerprint density at radius 1 is 1.04 bits per heavy atom. The van der Waals surface area contributed by atoms with Gasteiger partial charge in [-0.1, -0.05) is 36.4 Å². The molecule has 7 heteroatoms. The molecule has 1 heterocycles. The Labute approximate surface area is 135 Å². The molecule has 0 fully saturated rings. The maximum absolute atomic E-state index is 13.3. The molecule has 3 aromatic rings. The van der Waals surface area contributed by atoms with Gasteiger partial charge in [0, 0.05) is 16.7 Å². The van der Waals surface area contributed by atoms with E-state index in [-0.39, 0.29) is 16.8 Å². The number of hydrogen-bond donors (Lipinski definition) is 2. The smallest absolute Gasteiger partial charge is 0.366 e. The van der Waals surface area contributed by atoms with Crippen molar-refractivity contribution in [2.45, 2.75) is 6.18 Å². The highest BCUT2D eigenvalue weighted by Gasteiger charge is 2.35. The van der Waals surface area contributed by atoms with Crippen molar-refractivity contribution in [3.05, 3.63) is 65.7 Å². The number of aromatic nitrogens is 2. The molecule has 3 rings (SSSR count). The Balaban J connectivity index is 2.19. The summed E-state index contributed by atoms with van der Waals surface area (Å²) in [5.74, 6) is -0.938. The van der Waals surface area contributed by atoms with Crippen LogP contribution in [0.1, 0.15) is 15.9 Å². The van der Waals surface area contributed by atoms with E-state index >= 15 is 0 Å². The molecule has 0 radical (unpaired) electrons. The van der Waals surface area contributed by atoms with Gasteiger partial charge in [0.1, 0.15) is 0 Å². The summed E-state index contributed by atoms with van der Waals surface area (Å²) in [5, 5.41) is 6.61. The van der Waals surface area contributed by atoms with E-state index in [0.717, 1.165) is 17.7 Å².